The number of nitrogens with zero attached hydrogens (tertiary/aromatic N) is 8. The van der Waals surface area contributed by atoms with Gasteiger partial charge in [-0.1, -0.05) is 4.98 Å². The maximum atomic E-state index is 14.3. The number of anilines is 2. The highest BCUT2D eigenvalue weighted by Gasteiger charge is 2.58. The minimum Gasteiger partial charge on any atom is -0.387 e. The molecule has 432 valence electrons. The van der Waals surface area contributed by atoms with Gasteiger partial charge in [0.25, 0.3) is 17.1 Å². The Morgan fingerprint density at radius 2 is 1.42 bits per heavy atom. The molecular formula is C35H52N12O26P5+. The van der Waals surface area contributed by atoms with Gasteiger partial charge < -0.3 is 79.5 Å². The molecule has 38 nitrogen and oxygen atoms in total. The van der Waals surface area contributed by atoms with E-state index in [1.165, 1.54) is 29.6 Å². The monoisotopic (exact) mass is 1210 g/mol. The SMILES string of the molecule is COCC[C@H]1[C@@H](O)[C@H]([n+]2cn(C)c3c(=O)[nH]c(N)nc32)O[C@@H]1COP(=O)(O)OP(=O)(O)CP(=O)(O)OP(=O)(O)OC[C@H]1O[C@@H](n2cnc3c(N)ncnc32)[C@H](OC)[C@@H]1P(=O)(O)OC[C@H]1O[C@@H](n2ccc(=O)[nH]c2=O)[C@H](O)[C@@H]1O. The van der Waals surface area contributed by atoms with E-state index in [-0.39, 0.29) is 47.1 Å². The number of methoxy groups -OCH3 is 2. The lowest BCUT2D eigenvalue weighted by molar-refractivity contribution is -0.745. The number of nitrogens with one attached hydrogen (secondary N) is 2. The summed E-state index contributed by atoms with van der Waals surface area (Å²) in [6, 6.07) is 0.916. The highest BCUT2D eigenvalue weighted by Crippen LogP contribution is 2.70. The second-order valence-corrected chi connectivity index (χ2v) is 27.0. The van der Waals surface area contributed by atoms with Crippen LogP contribution in [0.15, 0.2) is 45.6 Å². The zero-order chi connectivity index (χ0) is 57.0. The highest BCUT2D eigenvalue weighted by atomic mass is 31.3. The van der Waals surface area contributed by atoms with E-state index in [1.807, 2.05) is 4.98 Å². The van der Waals surface area contributed by atoms with Crippen molar-refractivity contribution in [3.63, 3.8) is 0 Å². The lowest BCUT2D eigenvalue weighted by Gasteiger charge is -2.28. The van der Waals surface area contributed by atoms with Crippen molar-refractivity contribution < 1.29 is 113 Å². The number of H-pyrrole nitrogens is 2. The van der Waals surface area contributed by atoms with Crippen LogP contribution < -0.4 is 32.8 Å². The lowest BCUT2D eigenvalue weighted by atomic mass is 9.95. The van der Waals surface area contributed by atoms with Gasteiger partial charge in [0.2, 0.25) is 11.7 Å². The van der Waals surface area contributed by atoms with Crippen molar-refractivity contribution in [3.05, 3.63) is 62.4 Å². The normalized spacial score (nSPS) is 30.5. The van der Waals surface area contributed by atoms with E-state index in [0.29, 0.717) is 0 Å². The van der Waals surface area contributed by atoms with Gasteiger partial charge in [-0.05, 0) is 6.42 Å². The van der Waals surface area contributed by atoms with Gasteiger partial charge in [-0.2, -0.15) is 0 Å². The standard InChI is InChI=1S/C35H51N12O26P5/c1-44-13-47(29-21(44)30(52)43-34(37)42-29)31-22(49)15(5-7-64-2)16(69-31)8-67-77(60,61)72-74(54,55)14-75(56,57)73-78(62,63)68-10-18-26(25(65-3)33(71-18)46-12-40-20-27(36)38-11-39-28(20)46)76(58,59)66-9-17-23(50)24(51)32(70-17)45-6-4-19(48)41-35(45)53/h4,6,11-13,15-18,22-26,31-33,49-51H,5,7-10,14H2,1-3H3,(H10-,36,37,38,39,41,42,43,48,52,53,54,55,56,57,58,59,60,61,62,63)/p+1/t15-,16-,17-,18-,22-,23-,24-,25-,26-,31-,32-,33-/m1/s1. The van der Waals surface area contributed by atoms with Gasteiger partial charge in [0.05, 0.1) is 39.3 Å². The van der Waals surface area contributed by atoms with E-state index < -0.39 is 154 Å². The molecular weight excluding hydrogens is 1160 g/mol. The molecule has 3 aliphatic heterocycles. The summed E-state index contributed by atoms with van der Waals surface area (Å²) >= 11 is 0. The third-order valence-corrected chi connectivity index (χ3v) is 21.8. The number of fused-ring (bicyclic) bond motifs is 2. The Balaban J connectivity index is 0.939. The first-order valence-electron chi connectivity index (χ1n) is 22.5. The van der Waals surface area contributed by atoms with Crippen molar-refractivity contribution in [2.24, 2.45) is 13.0 Å². The summed E-state index contributed by atoms with van der Waals surface area (Å²) in [6.07, 6.45) is -11.7. The van der Waals surface area contributed by atoms with Crippen molar-refractivity contribution in [3.8, 4) is 0 Å². The molecule has 8 rings (SSSR count). The van der Waals surface area contributed by atoms with Crippen LogP contribution in [0.5, 0.6) is 0 Å². The highest BCUT2D eigenvalue weighted by molar-refractivity contribution is 7.76. The fourth-order valence-electron chi connectivity index (χ4n) is 9.01. The maximum absolute atomic E-state index is 14.3. The number of nitrogens with two attached hydrogens (primary N) is 2. The number of hydrogen-bond acceptors (Lipinski definition) is 27. The molecule has 5 aromatic rings. The Labute approximate surface area is 435 Å². The number of aliphatic hydroxyl groups excluding tert-OH is 3. The minimum absolute atomic E-state index is 0.0135. The summed E-state index contributed by atoms with van der Waals surface area (Å²) in [4.78, 5) is 111. The average Bonchev–Trinajstić information content (AvgIpc) is 4.23. The molecule has 3 saturated heterocycles. The van der Waals surface area contributed by atoms with Crippen LogP contribution in [-0.2, 0) is 75.7 Å². The molecule has 0 spiro atoms. The Hall–Kier alpha value is -4.39. The van der Waals surface area contributed by atoms with Crippen LogP contribution in [-0.4, -0.2) is 178 Å². The molecule has 43 heteroatoms. The van der Waals surface area contributed by atoms with Crippen molar-refractivity contribution >= 4 is 72.5 Å². The molecule has 5 unspecified atom stereocenters. The van der Waals surface area contributed by atoms with Crippen molar-refractivity contribution in [2.75, 3.05) is 58.0 Å². The van der Waals surface area contributed by atoms with Crippen LogP contribution in [0.1, 0.15) is 25.1 Å². The first-order valence-corrected chi connectivity index (χ1v) is 30.6. The first kappa shape index (κ1) is 59.7. The average molecular weight is 1210 g/mol. The largest absolute Gasteiger partial charge is 0.479 e. The number of rotatable bonds is 23. The first-order chi connectivity index (χ1) is 36.5. The van der Waals surface area contributed by atoms with Gasteiger partial charge in [0, 0.05) is 39.0 Å². The molecule has 3 fully saturated rings. The molecule has 14 N–H and O–H groups in total. The van der Waals surface area contributed by atoms with E-state index in [1.54, 1.807) is 0 Å². The van der Waals surface area contributed by atoms with Crippen LogP contribution in [0.25, 0.3) is 22.3 Å². The number of aliphatic hydroxyl groups is 3. The quantitative estimate of drug-likeness (QED) is 0.0225. The molecule has 3 aliphatic rings. The molecule has 0 bridgehead atoms. The molecule has 0 radical (unpaired) electrons. The molecule has 0 amide bonds. The van der Waals surface area contributed by atoms with Gasteiger partial charge in [-0.25, -0.2) is 42.1 Å². The number of aromatic amines is 2. The zero-order valence-electron chi connectivity index (χ0n) is 40.5. The third kappa shape index (κ3) is 12.7. The van der Waals surface area contributed by atoms with Crippen LogP contribution >= 0.6 is 38.4 Å². The fraction of sp³-hybridized carbons (Fsp3) is 0.600. The lowest BCUT2D eigenvalue weighted by Crippen LogP contribution is -2.45. The molecule has 0 saturated carbocycles. The van der Waals surface area contributed by atoms with Gasteiger partial charge >= 0.3 is 49.8 Å². The van der Waals surface area contributed by atoms with E-state index in [4.69, 9.17) is 48.7 Å². The molecule has 5 aromatic heterocycles. The summed E-state index contributed by atoms with van der Waals surface area (Å²) in [6.45, 7) is -3.28. The van der Waals surface area contributed by atoms with E-state index >= 15 is 0 Å². The molecule has 78 heavy (non-hydrogen) atoms. The minimum atomic E-state index is -6.00. The Bertz CT molecular complexity index is 3470. The maximum Gasteiger partial charge on any atom is 0.479 e. The van der Waals surface area contributed by atoms with Gasteiger partial charge in [-0.15, -0.1) is 0 Å². The predicted molar refractivity (Wildman–Crippen MR) is 255 cm³/mol. The number of phosphoric ester groups is 2. The zero-order valence-corrected chi connectivity index (χ0v) is 44.9. The summed E-state index contributed by atoms with van der Waals surface area (Å²) in [5.74, 6) is -3.50. The summed E-state index contributed by atoms with van der Waals surface area (Å²) in [7, 11) is -25.0. The summed E-state index contributed by atoms with van der Waals surface area (Å²) < 4.78 is 124. The Morgan fingerprint density at radius 3 is 2.06 bits per heavy atom. The van der Waals surface area contributed by atoms with E-state index in [0.717, 1.165) is 41.2 Å². The summed E-state index contributed by atoms with van der Waals surface area (Å²) in [5, 5.41) is 32.8. The number of ether oxygens (including phenoxy) is 5. The van der Waals surface area contributed by atoms with Crippen molar-refractivity contribution in [1.82, 2.24) is 43.6 Å². The molecule has 0 aromatic carbocycles. The number of aryl methyl sites for hydroxylation is 1. The fourth-order valence-corrected chi connectivity index (χ4v) is 17.5. The van der Waals surface area contributed by atoms with Crippen molar-refractivity contribution in [1.29, 1.82) is 0 Å². The van der Waals surface area contributed by atoms with Crippen molar-refractivity contribution in [2.45, 2.75) is 73.5 Å². The molecule has 8 heterocycles. The number of aromatic nitrogens is 10. The number of phosphoric acid groups is 2. The van der Waals surface area contributed by atoms with Gasteiger partial charge in [0.1, 0.15) is 54.1 Å². The van der Waals surface area contributed by atoms with Crippen LogP contribution in [0.4, 0.5) is 11.8 Å². The molecule has 0 aliphatic carbocycles. The predicted octanol–water partition coefficient (Wildman–Crippen LogP) is -3.29. The van der Waals surface area contributed by atoms with E-state index in [2.05, 4.69) is 33.5 Å². The van der Waals surface area contributed by atoms with Gasteiger partial charge in [-0.3, -0.25) is 56.0 Å². The number of imidazole rings is 2. The molecule has 17 atom stereocenters. The number of nitrogen functional groups attached to an aromatic ring is 2. The van der Waals surface area contributed by atoms with Crippen LogP contribution in [0.2, 0.25) is 0 Å². The van der Waals surface area contributed by atoms with E-state index in [9.17, 15) is 77.0 Å². The Kier molecular flexibility index (Phi) is 17.5. The smallest absolute Gasteiger partial charge is 0.387 e. The third-order valence-electron chi connectivity index (χ3n) is 12.4. The van der Waals surface area contributed by atoms with Crippen LogP contribution in [0.3, 0.4) is 0 Å². The second-order valence-electron chi connectivity index (χ2n) is 17.6. The topological polar surface area (TPSA) is 545 Å². The van der Waals surface area contributed by atoms with Gasteiger partial charge in [0.15, 0.2) is 36.2 Å². The Morgan fingerprint density at radius 1 is 0.782 bits per heavy atom. The van der Waals surface area contributed by atoms with Crippen LogP contribution in [0, 0.1) is 5.92 Å². The number of hydrogen-bond donors (Lipinski definition) is 12. The summed E-state index contributed by atoms with van der Waals surface area (Å²) in [5.41, 5.74) is 7.19. The second kappa shape index (κ2) is 22.9.